The summed E-state index contributed by atoms with van der Waals surface area (Å²) < 4.78 is 67.7. The van der Waals surface area contributed by atoms with Crippen molar-refractivity contribution >= 4 is 40.4 Å². The van der Waals surface area contributed by atoms with Crippen LogP contribution in [0.15, 0.2) is 83.1 Å². The summed E-state index contributed by atoms with van der Waals surface area (Å²) in [5.74, 6) is -0.329. The zero-order chi connectivity index (χ0) is 25.2. The van der Waals surface area contributed by atoms with E-state index in [4.69, 9.17) is 11.6 Å². The molecule has 1 aliphatic heterocycles. The van der Waals surface area contributed by atoms with Crippen LogP contribution in [0.2, 0.25) is 5.02 Å². The number of nitrogens with zero attached hydrogens (tertiary/aromatic N) is 4. The summed E-state index contributed by atoms with van der Waals surface area (Å²) in [6.45, 7) is 0.160. The van der Waals surface area contributed by atoms with E-state index in [1.165, 1.54) is 5.01 Å². The number of alkyl halides is 3. The van der Waals surface area contributed by atoms with Crippen molar-refractivity contribution in [2.75, 3.05) is 6.54 Å². The molecule has 13 heteroatoms. The summed E-state index contributed by atoms with van der Waals surface area (Å²) in [4.78, 5) is 3.62. The molecule has 1 saturated heterocycles. The van der Waals surface area contributed by atoms with Crippen molar-refractivity contribution in [2.24, 2.45) is 5.16 Å². The standard InChI is InChI=1S/C23H20ClF3N4O3S.ClH/c24-19-9-6-17(7-10-19)22-20(16-4-2-1-3-5-16)12-13-30(15-29-32)31(22)35(33,34)21-11-8-18(14-28-21)23(25,26)27;/h1-11,14-15,20,22,32H,12-13H2;1H. The van der Waals surface area contributed by atoms with Crippen molar-refractivity contribution in [3.8, 4) is 0 Å². The van der Waals surface area contributed by atoms with Gasteiger partial charge in [0.1, 0.15) is 6.34 Å². The fourth-order valence-corrected chi connectivity index (χ4v) is 5.87. The molecule has 0 spiro atoms. The van der Waals surface area contributed by atoms with Crippen LogP contribution in [0, 0.1) is 0 Å². The van der Waals surface area contributed by atoms with Crippen LogP contribution < -0.4 is 0 Å². The maximum absolute atomic E-state index is 13.8. The molecule has 0 radical (unpaired) electrons. The highest BCUT2D eigenvalue weighted by Crippen LogP contribution is 2.45. The Morgan fingerprint density at radius 2 is 1.69 bits per heavy atom. The number of hydrogen-bond acceptors (Lipinski definition) is 5. The first-order chi connectivity index (χ1) is 16.6. The number of oxime groups is 1. The molecule has 2 unspecified atom stereocenters. The zero-order valence-electron chi connectivity index (χ0n) is 18.5. The first-order valence-corrected chi connectivity index (χ1v) is 12.3. The van der Waals surface area contributed by atoms with Crippen molar-refractivity contribution in [1.29, 1.82) is 0 Å². The molecule has 2 aromatic carbocycles. The highest BCUT2D eigenvalue weighted by atomic mass is 35.5. The summed E-state index contributed by atoms with van der Waals surface area (Å²) in [7, 11) is -4.50. The molecule has 0 aliphatic carbocycles. The summed E-state index contributed by atoms with van der Waals surface area (Å²) >= 11 is 6.06. The van der Waals surface area contributed by atoms with E-state index in [0.29, 0.717) is 29.3 Å². The van der Waals surface area contributed by atoms with E-state index in [1.54, 1.807) is 24.3 Å². The van der Waals surface area contributed by atoms with Gasteiger partial charge in [0.2, 0.25) is 0 Å². The lowest BCUT2D eigenvalue weighted by molar-refractivity contribution is -0.137. The molecular weight excluding hydrogens is 540 g/mol. The molecule has 1 aromatic heterocycles. The van der Waals surface area contributed by atoms with Crippen LogP contribution in [-0.2, 0) is 16.2 Å². The largest absolute Gasteiger partial charge is 0.417 e. The molecule has 7 nitrogen and oxygen atoms in total. The molecule has 0 bridgehead atoms. The quantitative estimate of drug-likeness (QED) is 0.186. The van der Waals surface area contributed by atoms with Crippen LogP contribution in [0.4, 0.5) is 13.2 Å². The lowest BCUT2D eigenvalue weighted by Crippen LogP contribution is -2.53. The Balaban J connectivity index is 0.00000361. The third-order valence-corrected chi connectivity index (χ3v) is 7.69. The molecule has 4 rings (SSSR count). The molecule has 1 N–H and O–H groups in total. The van der Waals surface area contributed by atoms with Crippen molar-refractivity contribution in [1.82, 2.24) is 14.4 Å². The molecule has 3 aromatic rings. The van der Waals surface area contributed by atoms with Crippen LogP contribution >= 0.6 is 24.0 Å². The first-order valence-electron chi connectivity index (χ1n) is 10.4. The molecule has 2 heterocycles. The topological polar surface area (TPSA) is 86.1 Å². The number of pyridine rings is 1. The second-order valence-corrected chi connectivity index (χ2v) is 10.0. The summed E-state index contributed by atoms with van der Waals surface area (Å²) in [5, 5.41) is 13.3. The van der Waals surface area contributed by atoms with E-state index in [9.17, 15) is 26.8 Å². The van der Waals surface area contributed by atoms with Gasteiger partial charge >= 0.3 is 6.18 Å². The predicted octanol–water partition coefficient (Wildman–Crippen LogP) is 5.73. The van der Waals surface area contributed by atoms with Crippen molar-refractivity contribution < 1.29 is 26.8 Å². The Labute approximate surface area is 217 Å². The summed E-state index contributed by atoms with van der Waals surface area (Å²) in [5.41, 5.74) is 0.392. The monoisotopic (exact) mass is 560 g/mol. The number of aromatic nitrogens is 1. The third-order valence-electron chi connectivity index (χ3n) is 5.74. The van der Waals surface area contributed by atoms with Gasteiger partial charge in [0.05, 0.1) is 11.6 Å². The minimum atomic E-state index is -4.67. The maximum atomic E-state index is 13.8. The maximum Gasteiger partial charge on any atom is 0.417 e. The Morgan fingerprint density at radius 3 is 2.25 bits per heavy atom. The van der Waals surface area contributed by atoms with Crippen molar-refractivity contribution in [2.45, 2.75) is 29.6 Å². The van der Waals surface area contributed by atoms with Gasteiger partial charge in [0.25, 0.3) is 10.0 Å². The summed E-state index contributed by atoms with van der Waals surface area (Å²) in [6, 6.07) is 16.5. The van der Waals surface area contributed by atoms with E-state index in [-0.39, 0.29) is 24.9 Å². The lowest BCUT2D eigenvalue weighted by Gasteiger charge is -2.46. The molecule has 0 amide bonds. The molecule has 192 valence electrons. The number of rotatable bonds is 5. The molecule has 1 aliphatic rings. The Morgan fingerprint density at radius 1 is 1.03 bits per heavy atom. The average molecular weight is 561 g/mol. The molecule has 1 fully saturated rings. The number of hydrogen-bond donors (Lipinski definition) is 1. The van der Waals surface area contributed by atoms with Crippen molar-refractivity contribution in [3.05, 3.63) is 94.6 Å². The van der Waals surface area contributed by atoms with Gasteiger partial charge in [-0.15, -0.1) is 12.4 Å². The Hall–Kier alpha value is -2.86. The highest BCUT2D eigenvalue weighted by molar-refractivity contribution is 7.89. The molecular formula is C23H21Cl2F3N4O3S. The number of benzene rings is 2. The smallest absolute Gasteiger partial charge is 0.410 e. The SMILES string of the molecule is Cl.O=S(=O)(c1ccc(C(F)(F)F)cn1)N1C(c2ccc(Cl)cc2)C(c2ccccc2)CCN1C=NO. The van der Waals surface area contributed by atoms with Gasteiger partial charge in [0, 0.05) is 23.7 Å². The normalized spacial score (nSPS) is 19.3. The van der Waals surface area contributed by atoms with Gasteiger partial charge < -0.3 is 5.21 Å². The Bertz CT molecular complexity index is 1290. The second kappa shape index (κ2) is 11.0. The third kappa shape index (κ3) is 5.59. The van der Waals surface area contributed by atoms with E-state index in [1.807, 2.05) is 30.3 Å². The minimum Gasteiger partial charge on any atom is -0.410 e. The van der Waals surface area contributed by atoms with Gasteiger partial charge in [-0.3, -0.25) is 5.01 Å². The van der Waals surface area contributed by atoms with Gasteiger partial charge in [0.15, 0.2) is 5.03 Å². The van der Waals surface area contributed by atoms with Gasteiger partial charge in [-0.25, -0.2) is 13.4 Å². The van der Waals surface area contributed by atoms with Crippen molar-refractivity contribution in [3.63, 3.8) is 0 Å². The fraction of sp³-hybridized carbons (Fsp3) is 0.217. The van der Waals surface area contributed by atoms with E-state index in [2.05, 4.69) is 10.1 Å². The molecule has 2 atom stereocenters. The van der Waals surface area contributed by atoms with Crippen LogP contribution in [0.3, 0.4) is 0 Å². The molecule has 36 heavy (non-hydrogen) atoms. The zero-order valence-corrected chi connectivity index (χ0v) is 20.8. The van der Waals surface area contributed by atoms with E-state index in [0.717, 1.165) is 22.4 Å². The highest BCUT2D eigenvalue weighted by Gasteiger charge is 2.45. The minimum absolute atomic E-state index is 0. The van der Waals surface area contributed by atoms with Gasteiger partial charge in [-0.05, 0) is 41.8 Å². The predicted molar refractivity (Wildman–Crippen MR) is 130 cm³/mol. The van der Waals surface area contributed by atoms with E-state index < -0.39 is 32.8 Å². The second-order valence-electron chi connectivity index (χ2n) is 7.86. The average Bonchev–Trinajstić information content (AvgIpc) is 2.84. The molecule has 0 saturated carbocycles. The number of hydrazine groups is 1. The lowest BCUT2D eigenvalue weighted by atomic mass is 9.83. The van der Waals surface area contributed by atoms with Gasteiger partial charge in [-0.1, -0.05) is 63.6 Å². The van der Waals surface area contributed by atoms with Crippen LogP contribution in [-0.4, -0.2) is 40.9 Å². The number of sulfonamides is 1. The van der Waals surface area contributed by atoms with Crippen LogP contribution in [0.5, 0.6) is 0 Å². The fourth-order valence-electron chi connectivity index (χ4n) is 4.16. The van der Waals surface area contributed by atoms with Crippen LogP contribution in [0.25, 0.3) is 0 Å². The number of halogens is 5. The van der Waals surface area contributed by atoms with Crippen LogP contribution in [0.1, 0.15) is 35.1 Å². The van der Waals surface area contributed by atoms with Gasteiger partial charge in [-0.2, -0.15) is 13.2 Å². The summed E-state index contributed by atoms with van der Waals surface area (Å²) in [6.07, 6.45) is -2.74. The Kier molecular flexibility index (Phi) is 8.50. The van der Waals surface area contributed by atoms with E-state index >= 15 is 0 Å². The first kappa shape index (κ1) is 27.7.